The van der Waals surface area contributed by atoms with E-state index < -0.39 is 0 Å². The van der Waals surface area contributed by atoms with Crippen LogP contribution in [0, 0.1) is 6.92 Å². The second kappa shape index (κ2) is 5.86. The number of rotatable bonds is 4. The number of carbonyl (C=O) groups is 1. The number of aromatic nitrogens is 1. The van der Waals surface area contributed by atoms with E-state index in [1.54, 1.807) is 0 Å². The summed E-state index contributed by atoms with van der Waals surface area (Å²) < 4.78 is 2.22. The minimum Gasteiger partial charge on any atom is -0.396 e. The van der Waals surface area contributed by atoms with Gasteiger partial charge in [-0.2, -0.15) is 0 Å². The third-order valence-electron chi connectivity index (χ3n) is 4.20. The molecule has 0 aliphatic heterocycles. The third-order valence-corrected chi connectivity index (χ3v) is 4.20. The van der Waals surface area contributed by atoms with Gasteiger partial charge in [0.1, 0.15) is 0 Å². The van der Waals surface area contributed by atoms with Gasteiger partial charge in [0.2, 0.25) is 0 Å². The molecule has 1 N–H and O–H groups in total. The van der Waals surface area contributed by atoms with Crippen LogP contribution in [0.5, 0.6) is 0 Å². The van der Waals surface area contributed by atoms with Gasteiger partial charge in [-0.3, -0.25) is 4.79 Å². The molecule has 0 saturated carbocycles. The molecule has 0 radical (unpaired) electrons. The summed E-state index contributed by atoms with van der Waals surface area (Å²) in [5.74, 6) is 0.273. The predicted octanol–water partition coefficient (Wildman–Crippen LogP) is 3.23. The van der Waals surface area contributed by atoms with Crippen LogP contribution in [0.3, 0.4) is 0 Å². The monoisotopic (exact) mass is 283 g/mol. The molecule has 110 valence electrons. The second-order valence-electron chi connectivity index (χ2n) is 5.76. The van der Waals surface area contributed by atoms with Crippen LogP contribution in [0.4, 0.5) is 0 Å². The number of fused-ring (bicyclic) bond motifs is 1. The quantitative estimate of drug-likeness (QED) is 0.936. The minimum atomic E-state index is 0.219. The van der Waals surface area contributed by atoms with Crippen LogP contribution in [-0.4, -0.2) is 22.1 Å². The fourth-order valence-corrected chi connectivity index (χ4v) is 3.22. The molecule has 0 atom stereocenters. The van der Waals surface area contributed by atoms with Gasteiger partial charge in [-0.1, -0.05) is 12.1 Å². The van der Waals surface area contributed by atoms with Crippen molar-refractivity contribution in [1.29, 1.82) is 0 Å². The molecule has 0 fully saturated rings. The molecule has 0 bridgehead atoms. The Hall–Kier alpha value is -1.87. The number of carbonyl (C=O) groups excluding carboxylic acids is 1. The Balaban J connectivity index is 2.03. The lowest BCUT2D eigenvalue weighted by Gasteiger charge is -2.16. The SMILES string of the molecule is Cc1cc2c(n1-c1cccc(CCCO)c1)CCCC2=O. The van der Waals surface area contributed by atoms with Gasteiger partial charge in [0.15, 0.2) is 5.78 Å². The van der Waals surface area contributed by atoms with Crippen LogP contribution < -0.4 is 0 Å². The van der Waals surface area contributed by atoms with Gasteiger partial charge >= 0.3 is 0 Å². The van der Waals surface area contributed by atoms with Crippen molar-refractivity contribution >= 4 is 5.78 Å². The first kappa shape index (κ1) is 14.1. The van der Waals surface area contributed by atoms with Crippen molar-refractivity contribution in [1.82, 2.24) is 4.57 Å². The molecule has 3 rings (SSSR count). The van der Waals surface area contributed by atoms with Gasteiger partial charge in [-0.25, -0.2) is 0 Å². The number of hydrogen-bond acceptors (Lipinski definition) is 2. The lowest BCUT2D eigenvalue weighted by atomic mass is 9.96. The Labute approximate surface area is 125 Å². The molecule has 1 aliphatic carbocycles. The maximum Gasteiger partial charge on any atom is 0.164 e. The molecule has 0 spiro atoms. The van der Waals surface area contributed by atoms with E-state index in [0.29, 0.717) is 6.42 Å². The largest absolute Gasteiger partial charge is 0.396 e. The van der Waals surface area contributed by atoms with E-state index in [9.17, 15) is 4.79 Å². The average Bonchev–Trinajstić information content (AvgIpc) is 2.83. The smallest absolute Gasteiger partial charge is 0.164 e. The number of hydrogen-bond donors (Lipinski definition) is 1. The first-order valence-corrected chi connectivity index (χ1v) is 7.65. The van der Waals surface area contributed by atoms with E-state index in [2.05, 4.69) is 35.8 Å². The summed E-state index contributed by atoms with van der Waals surface area (Å²) in [6.07, 6.45) is 4.25. The molecule has 1 aliphatic rings. The Bertz CT molecular complexity index is 670. The number of aliphatic hydroxyl groups excluding tert-OH is 1. The zero-order valence-electron chi connectivity index (χ0n) is 12.4. The van der Waals surface area contributed by atoms with Gasteiger partial charge in [-0.05, 0) is 56.4 Å². The van der Waals surface area contributed by atoms with E-state index >= 15 is 0 Å². The van der Waals surface area contributed by atoms with Crippen molar-refractivity contribution in [3.63, 3.8) is 0 Å². The van der Waals surface area contributed by atoms with Crippen molar-refractivity contribution in [3.05, 3.63) is 52.8 Å². The highest BCUT2D eigenvalue weighted by Gasteiger charge is 2.23. The van der Waals surface area contributed by atoms with Crippen molar-refractivity contribution < 1.29 is 9.90 Å². The molecule has 1 heterocycles. The Morgan fingerprint density at radius 3 is 2.90 bits per heavy atom. The number of benzene rings is 1. The molecule has 0 saturated heterocycles. The molecule has 0 amide bonds. The molecule has 21 heavy (non-hydrogen) atoms. The fourth-order valence-electron chi connectivity index (χ4n) is 3.22. The normalized spacial score (nSPS) is 14.3. The molecule has 1 aromatic carbocycles. The highest BCUT2D eigenvalue weighted by atomic mass is 16.2. The van der Waals surface area contributed by atoms with Crippen LogP contribution in [0.25, 0.3) is 5.69 Å². The van der Waals surface area contributed by atoms with Crippen molar-refractivity contribution in [2.24, 2.45) is 0 Å². The summed E-state index contributed by atoms with van der Waals surface area (Å²) in [6, 6.07) is 10.4. The van der Waals surface area contributed by atoms with Gasteiger partial charge in [0, 0.05) is 35.7 Å². The van der Waals surface area contributed by atoms with E-state index in [-0.39, 0.29) is 12.4 Å². The van der Waals surface area contributed by atoms with Crippen LogP contribution in [0.2, 0.25) is 0 Å². The summed E-state index contributed by atoms with van der Waals surface area (Å²) in [7, 11) is 0. The van der Waals surface area contributed by atoms with E-state index in [4.69, 9.17) is 5.11 Å². The van der Waals surface area contributed by atoms with Gasteiger partial charge in [-0.15, -0.1) is 0 Å². The number of aryl methyl sites for hydroxylation is 2. The molecule has 3 heteroatoms. The summed E-state index contributed by atoms with van der Waals surface area (Å²) in [5.41, 5.74) is 5.53. The highest BCUT2D eigenvalue weighted by Crippen LogP contribution is 2.28. The molecule has 0 unspecified atom stereocenters. The predicted molar refractivity (Wildman–Crippen MR) is 83.2 cm³/mol. The summed E-state index contributed by atoms with van der Waals surface area (Å²) in [6.45, 7) is 2.28. The zero-order valence-corrected chi connectivity index (χ0v) is 12.4. The summed E-state index contributed by atoms with van der Waals surface area (Å²) in [5, 5.41) is 8.97. The average molecular weight is 283 g/mol. The number of aliphatic hydroxyl groups is 1. The fraction of sp³-hybridized carbons (Fsp3) is 0.389. The van der Waals surface area contributed by atoms with E-state index in [1.165, 1.54) is 5.56 Å². The van der Waals surface area contributed by atoms with Gasteiger partial charge in [0.05, 0.1) is 0 Å². The first-order chi connectivity index (χ1) is 10.2. The maximum absolute atomic E-state index is 12.0. The Kier molecular flexibility index (Phi) is 3.93. The van der Waals surface area contributed by atoms with Crippen LogP contribution in [0.15, 0.2) is 30.3 Å². The summed E-state index contributed by atoms with van der Waals surface area (Å²) >= 11 is 0. The first-order valence-electron chi connectivity index (χ1n) is 7.65. The van der Waals surface area contributed by atoms with E-state index in [1.807, 2.05) is 6.07 Å². The number of Topliss-reactive ketones (excluding diaryl/α,β-unsaturated/α-hetero) is 1. The second-order valence-corrected chi connectivity index (χ2v) is 5.76. The molecular formula is C18H21NO2. The van der Waals surface area contributed by atoms with Crippen LogP contribution in [0.1, 0.15) is 46.6 Å². The lowest BCUT2D eigenvalue weighted by Crippen LogP contribution is -2.12. The maximum atomic E-state index is 12.0. The van der Waals surface area contributed by atoms with E-state index in [0.717, 1.165) is 48.3 Å². The molecular weight excluding hydrogens is 262 g/mol. The Morgan fingerprint density at radius 2 is 2.10 bits per heavy atom. The number of ketones is 1. The van der Waals surface area contributed by atoms with Gasteiger partial charge in [0.25, 0.3) is 0 Å². The van der Waals surface area contributed by atoms with Crippen molar-refractivity contribution in [3.8, 4) is 5.69 Å². The van der Waals surface area contributed by atoms with Gasteiger partial charge < -0.3 is 9.67 Å². The highest BCUT2D eigenvalue weighted by molar-refractivity contribution is 5.98. The topological polar surface area (TPSA) is 42.2 Å². The van der Waals surface area contributed by atoms with Crippen molar-refractivity contribution in [2.45, 2.75) is 39.0 Å². The van der Waals surface area contributed by atoms with Crippen molar-refractivity contribution in [2.75, 3.05) is 6.61 Å². The standard InChI is InChI=1S/C18H21NO2/c1-13-11-16-17(8-3-9-18(16)21)19(13)15-7-2-5-14(12-15)6-4-10-20/h2,5,7,11-12,20H,3-4,6,8-10H2,1H3. The molecule has 3 nitrogen and oxygen atoms in total. The third kappa shape index (κ3) is 2.66. The van der Waals surface area contributed by atoms with Crippen LogP contribution >= 0.6 is 0 Å². The lowest BCUT2D eigenvalue weighted by molar-refractivity contribution is 0.0972. The van der Waals surface area contributed by atoms with Crippen LogP contribution in [-0.2, 0) is 12.8 Å². The Morgan fingerprint density at radius 1 is 1.24 bits per heavy atom. The number of nitrogens with zero attached hydrogens (tertiary/aromatic N) is 1. The zero-order chi connectivity index (χ0) is 14.8. The molecule has 2 aromatic rings. The minimum absolute atomic E-state index is 0.219. The summed E-state index contributed by atoms with van der Waals surface area (Å²) in [4.78, 5) is 12.0. The molecule has 1 aromatic heterocycles.